The van der Waals surface area contributed by atoms with E-state index in [1.54, 1.807) is 0 Å². The Labute approximate surface area is 88.9 Å². The summed E-state index contributed by atoms with van der Waals surface area (Å²) >= 11 is 0. The van der Waals surface area contributed by atoms with Gasteiger partial charge in [-0.2, -0.15) is 13.2 Å². The van der Waals surface area contributed by atoms with Gasteiger partial charge in [-0.1, -0.05) is 0 Å². The lowest BCUT2D eigenvalue weighted by molar-refractivity contribution is -0.145. The van der Waals surface area contributed by atoms with Gasteiger partial charge in [-0.05, 0) is 6.07 Å². The molecule has 0 aliphatic rings. The van der Waals surface area contributed by atoms with E-state index < -0.39 is 17.9 Å². The Bertz CT molecular complexity index is 380. The van der Waals surface area contributed by atoms with Gasteiger partial charge in [-0.25, -0.2) is 9.97 Å². The maximum absolute atomic E-state index is 12.2. The maximum Gasteiger partial charge on any atom is 0.451 e. The summed E-state index contributed by atoms with van der Waals surface area (Å²) in [6.07, 6.45) is -3.78. The van der Waals surface area contributed by atoms with Crippen LogP contribution in [0, 0.1) is 0 Å². The summed E-state index contributed by atoms with van der Waals surface area (Å²) in [7, 11) is 0. The van der Waals surface area contributed by atoms with E-state index in [9.17, 15) is 18.0 Å². The number of aromatic nitrogens is 2. The van der Waals surface area contributed by atoms with Gasteiger partial charge in [-0.3, -0.25) is 4.79 Å². The van der Waals surface area contributed by atoms with Gasteiger partial charge in [0.15, 0.2) is 0 Å². The van der Waals surface area contributed by atoms with Crippen LogP contribution in [0.5, 0.6) is 0 Å². The highest BCUT2D eigenvalue weighted by molar-refractivity contribution is 5.92. The van der Waals surface area contributed by atoms with Crippen LogP contribution >= 0.6 is 0 Å². The van der Waals surface area contributed by atoms with E-state index in [2.05, 4.69) is 15.3 Å². The number of rotatable bonds is 3. The van der Waals surface area contributed by atoms with Crippen molar-refractivity contribution in [3.63, 3.8) is 0 Å². The number of nitrogens with zero attached hydrogens (tertiary/aromatic N) is 2. The smallest absolute Gasteiger partial charge is 0.349 e. The molecule has 1 aromatic rings. The van der Waals surface area contributed by atoms with Gasteiger partial charge in [0.2, 0.25) is 5.82 Å². The van der Waals surface area contributed by atoms with Crippen molar-refractivity contribution in [2.45, 2.75) is 6.18 Å². The quantitative estimate of drug-likeness (QED) is 0.781. The SMILES string of the molecule is NCCNC(=O)c1ccnc(C(F)(F)F)n1. The van der Waals surface area contributed by atoms with E-state index in [0.29, 0.717) is 0 Å². The fourth-order valence-electron chi connectivity index (χ4n) is 0.898. The molecule has 0 aliphatic heterocycles. The topological polar surface area (TPSA) is 80.9 Å². The number of nitrogens with one attached hydrogen (secondary N) is 1. The minimum absolute atomic E-state index is 0.171. The number of alkyl halides is 3. The molecule has 0 saturated carbocycles. The molecule has 0 bridgehead atoms. The molecule has 1 heterocycles. The van der Waals surface area contributed by atoms with E-state index in [1.807, 2.05) is 0 Å². The number of hydrogen-bond donors (Lipinski definition) is 2. The van der Waals surface area contributed by atoms with Crippen molar-refractivity contribution in [3.8, 4) is 0 Å². The third-order valence-electron chi connectivity index (χ3n) is 1.57. The van der Waals surface area contributed by atoms with E-state index in [0.717, 1.165) is 12.3 Å². The monoisotopic (exact) mass is 234 g/mol. The lowest BCUT2D eigenvalue weighted by Crippen LogP contribution is -2.30. The van der Waals surface area contributed by atoms with Gasteiger partial charge in [0.25, 0.3) is 5.91 Å². The number of halogens is 3. The van der Waals surface area contributed by atoms with Crippen LogP contribution in [0.3, 0.4) is 0 Å². The summed E-state index contributed by atoms with van der Waals surface area (Å²) in [4.78, 5) is 17.4. The molecule has 1 aromatic heterocycles. The lowest BCUT2D eigenvalue weighted by Gasteiger charge is -2.06. The standard InChI is InChI=1S/C8H9F3N4O/c9-8(10,11)7-14-3-1-5(15-7)6(16)13-4-2-12/h1,3H,2,4,12H2,(H,13,16). The second-order valence-corrected chi connectivity index (χ2v) is 2.81. The predicted molar refractivity (Wildman–Crippen MR) is 48.4 cm³/mol. The lowest BCUT2D eigenvalue weighted by atomic mass is 10.3. The zero-order valence-electron chi connectivity index (χ0n) is 8.08. The van der Waals surface area contributed by atoms with Crippen molar-refractivity contribution in [2.24, 2.45) is 5.73 Å². The zero-order valence-corrected chi connectivity index (χ0v) is 8.08. The summed E-state index contributed by atoms with van der Waals surface area (Å²) in [6.45, 7) is 0.368. The Hall–Kier alpha value is -1.70. The molecule has 0 fully saturated rings. The van der Waals surface area contributed by atoms with Crippen LogP contribution < -0.4 is 11.1 Å². The first kappa shape index (κ1) is 12.4. The molecule has 3 N–H and O–H groups in total. The molecule has 0 saturated heterocycles. The van der Waals surface area contributed by atoms with Crippen LogP contribution in [-0.2, 0) is 6.18 Å². The molecule has 16 heavy (non-hydrogen) atoms. The van der Waals surface area contributed by atoms with Crippen molar-refractivity contribution in [2.75, 3.05) is 13.1 Å². The Balaban J connectivity index is 2.86. The van der Waals surface area contributed by atoms with Gasteiger partial charge in [0.1, 0.15) is 5.69 Å². The Morgan fingerprint density at radius 2 is 2.19 bits per heavy atom. The molecule has 0 spiro atoms. The first-order valence-electron chi connectivity index (χ1n) is 4.33. The minimum atomic E-state index is -4.66. The van der Waals surface area contributed by atoms with Gasteiger partial charge in [-0.15, -0.1) is 0 Å². The van der Waals surface area contributed by atoms with Crippen LogP contribution in [0.15, 0.2) is 12.3 Å². The van der Waals surface area contributed by atoms with Crippen molar-refractivity contribution in [3.05, 3.63) is 23.8 Å². The first-order valence-corrected chi connectivity index (χ1v) is 4.33. The predicted octanol–water partition coefficient (Wildman–Crippen LogP) is 0.184. The third kappa shape index (κ3) is 3.16. The van der Waals surface area contributed by atoms with E-state index in [-0.39, 0.29) is 18.8 Å². The van der Waals surface area contributed by atoms with Crippen LogP contribution in [0.4, 0.5) is 13.2 Å². The minimum Gasteiger partial charge on any atom is -0.349 e. The molecule has 0 aliphatic carbocycles. The van der Waals surface area contributed by atoms with Crippen LogP contribution in [0.2, 0.25) is 0 Å². The van der Waals surface area contributed by atoms with Gasteiger partial charge in [0.05, 0.1) is 0 Å². The summed E-state index contributed by atoms with van der Waals surface area (Å²) in [5, 5.41) is 2.31. The fourth-order valence-corrected chi connectivity index (χ4v) is 0.898. The molecule has 88 valence electrons. The maximum atomic E-state index is 12.2. The molecule has 5 nitrogen and oxygen atoms in total. The number of carbonyl (C=O) groups is 1. The fraction of sp³-hybridized carbons (Fsp3) is 0.375. The van der Waals surface area contributed by atoms with Crippen molar-refractivity contribution in [1.29, 1.82) is 0 Å². The molecular formula is C8H9F3N4O. The Kier molecular flexibility index (Phi) is 3.78. The summed E-state index contributed by atoms with van der Waals surface area (Å²) in [5.74, 6) is -2.05. The molecular weight excluding hydrogens is 225 g/mol. The number of hydrogen-bond acceptors (Lipinski definition) is 4. The second-order valence-electron chi connectivity index (χ2n) is 2.81. The molecule has 8 heteroatoms. The van der Waals surface area contributed by atoms with E-state index in [4.69, 9.17) is 5.73 Å². The summed E-state index contributed by atoms with van der Waals surface area (Å²) in [5.41, 5.74) is 4.79. The number of nitrogens with two attached hydrogens (primary N) is 1. The molecule has 0 unspecified atom stereocenters. The van der Waals surface area contributed by atoms with Crippen LogP contribution in [-0.4, -0.2) is 29.0 Å². The molecule has 1 rings (SSSR count). The van der Waals surface area contributed by atoms with Crippen molar-refractivity contribution in [1.82, 2.24) is 15.3 Å². The number of amides is 1. The molecule has 1 amide bonds. The second kappa shape index (κ2) is 4.88. The van der Waals surface area contributed by atoms with E-state index in [1.165, 1.54) is 0 Å². The molecule has 0 aromatic carbocycles. The molecule has 0 atom stereocenters. The normalized spacial score (nSPS) is 11.2. The molecule has 0 radical (unpaired) electrons. The third-order valence-corrected chi connectivity index (χ3v) is 1.57. The van der Waals surface area contributed by atoms with E-state index >= 15 is 0 Å². The van der Waals surface area contributed by atoms with Crippen molar-refractivity contribution < 1.29 is 18.0 Å². The van der Waals surface area contributed by atoms with Gasteiger partial charge >= 0.3 is 6.18 Å². The number of carbonyl (C=O) groups excluding carboxylic acids is 1. The highest BCUT2D eigenvalue weighted by Gasteiger charge is 2.35. The largest absolute Gasteiger partial charge is 0.451 e. The average molecular weight is 234 g/mol. The Morgan fingerprint density at radius 1 is 1.50 bits per heavy atom. The van der Waals surface area contributed by atoms with Crippen LogP contribution in [0.1, 0.15) is 16.3 Å². The highest BCUT2D eigenvalue weighted by atomic mass is 19.4. The highest BCUT2D eigenvalue weighted by Crippen LogP contribution is 2.25. The van der Waals surface area contributed by atoms with Crippen LogP contribution in [0.25, 0.3) is 0 Å². The van der Waals surface area contributed by atoms with Gasteiger partial charge in [0, 0.05) is 19.3 Å². The summed E-state index contributed by atoms with van der Waals surface area (Å²) in [6, 6.07) is 1.10. The zero-order chi connectivity index (χ0) is 12.2. The van der Waals surface area contributed by atoms with Crippen molar-refractivity contribution >= 4 is 5.91 Å². The average Bonchev–Trinajstić information content (AvgIpc) is 2.25. The summed E-state index contributed by atoms with van der Waals surface area (Å²) < 4.78 is 36.6. The first-order chi connectivity index (χ1) is 7.45. The van der Waals surface area contributed by atoms with Gasteiger partial charge < -0.3 is 11.1 Å². The Morgan fingerprint density at radius 3 is 2.75 bits per heavy atom.